The molecule has 0 aromatic heterocycles. The first-order chi connectivity index (χ1) is 11.7. The molecule has 0 heterocycles. The van der Waals surface area contributed by atoms with E-state index in [2.05, 4.69) is 17.4 Å². The topological polar surface area (TPSA) is 65.7 Å². The lowest BCUT2D eigenvalue weighted by molar-refractivity contribution is 0.354. The molecule has 0 aliphatic heterocycles. The highest BCUT2D eigenvalue weighted by molar-refractivity contribution is 5.43. The van der Waals surface area contributed by atoms with Crippen molar-refractivity contribution < 1.29 is 14.2 Å². The second-order valence-corrected chi connectivity index (χ2v) is 5.46. The lowest BCUT2D eigenvalue weighted by Crippen LogP contribution is -2.29. The van der Waals surface area contributed by atoms with Gasteiger partial charge >= 0.3 is 0 Å². The Hall–Kier alpha value is -2.24. The lowest BCUT2D eigenvalue weighted by atomic mass is 10.1. The predicted octanol–water partition coefficient (Wildman–Crippen LogP) is 2.54. The third kappa shape index (κ3) is 4.63. The summed E-state index contributed by atoms with van der Waals surface area (Å²) in [6.07, 6.45) is 0.904. The minimum Gasteiger partial charge on any atom is -0.497 e. The molecular weight excluding hydrogens is 304 g/mol. The summed E-state index contributed by atoms with van der Waals surface area (Å²) in [5.41, 5.74) is 8.25. The molecule has 24 heavy (non-hydrogen) atoms. The van der Waals surface area contributed by atoms with Crippen molar-refractivity contribution in [3.63, 3.8) is 0 Å². The molecule has 0 saturated carbocycles. The minimum atomic E-state index is 0.0652. The molecule has 0 aliphatic rings. The molecule has 5 nitrogen and oxygen atoms in total. The minimum absolute atomic E-state index is 0.0652. The van der Waals surface area contributed by atoms with Gasteiger partial charge in [0.1, 0.15) is 5.75 Å². The quantitative estimate of drug-likeness (QED) is 0.740. The van der Waals surface area contributed by atoms with Crippen LogP contribution in [0.5, 0.6) is 17.2 Å². The van der Waals surface area contributed by atoms with Crippen molar-refractivity contribution in [1.82, 2.24) is 5.32 Å². The molecule has 0 radical (unpaired) electrons. The van der Waals surface area contributed by atoms with Gasteiger partial charge in [-0.3, -0.25) is 0 Å². The van der Waals surface area contributed by atoms with Crippen LogP contribution in [0.2, 0.25) is 0 Å². The zero-order valence-electron chi connectivity index (χ0n) is 14.5. The van der Waals surface area contributed by atoms with Crippen LogP contribution in [0.25, 0.3) is 0 Å². The Morgan fingerprint density at radius 1 is 0.958 bits per heavy atom. The Morgan fingerprint density at radius 2 is 1.75 bits per heavy atom. The number of hydrogen-bond acceptors (Lipinski definition) is 5. The number of hydrogen-bond donors (Lipinski definition) is 2. The number of methoxy groups -OCH3 is 3. The average molecular weight is 330 g/mol. The first-order valence-electron chi connectivity index (χ1n) is 8.00. The van der Waals surface area contributed by atoms with Crippen molar-refractivity contribution in [2.45, 2.75) is 12.5 Å². The van der Waals surface area contributed by atoms with Crippen molar-refractivity contribution in [1.29, 1.82) is 0 Å². The highest BCUT2D eigenvalue weighted by Gasteiger charge is 2.12. The second-order valence-electron chi connectivity index (χ2n) is 5.46. The molecule has 2 aromatic carbocycles. The van der Waals surface area contributed by atoms with E-state index in [-0.39, 0.29) is 6.04 Å². The molecule has 3 N–H and O–H groups in total. The van der Waals surface area contributed by atoms with E-state index in [9.17, 15) is 0 Å². The number of nitrogens with one attached hydrogen (secondary N) is 1. The Balaban J connectivity index is 1.99. The molecule has 1 unspecified atom stereocenters. The largest absolute Gasteiger partial charge is 0.497 e. The van der Waals surface area contributed by atoms with Crippen molar-refractivity contribution >= 4 is 0 Å². The van der Waals surface area contributed by atoms with Gasteiger partial charge in [-0.05, 0) is 48.4 Å². The fourth-order valence-electron chi connectivity index (χ4n) is 2.63. The maximum Gasteiger partial charge on any atom is 0.161 e. The third-order valence-electron chi connectivity index (χ3n) is 3.98. The highest BCUT2D eigenvalue weighted by Crippen LogP contribution is 2.29. The monoisotopic (exact) mass is 330 g/mol. The standard InChI is InChI=1S/C19H26N2O3/c1-22-16-6-4-5-14(11-16)9-10-21-17(13-20)15-7-8-18(23-2)19(12-15)24-3/h4-8,11-12,17,21H,9-10,13,20H2,1-3H3. The Kier molecular flexibility index (Phi) is 6.90. The van der Waals surface area contributed by atoms with E-state index < -0.39 is 0 Å². The molecule has 2 rings (SSSR count). The summed E-state index contributed by atoms with van der Waals surface area (Å²) in [4.78, 5) is 0. The Bertz CT molecular complexity index is 646. The zero-order valence-corrected chi connectivity index (χ0v) is 14.5. The Labute approximate surface area is 143 Å². The van der Waals surface area contributed by atoms with Gasteiger partial charge in [-0.1, -0.05) is 18.2 Å². The summed E-state index contributed by atoms with van der Waals surface area (Å²) in [5, 5.41) is 3.50. The van der Waals surface area contributed by atoms with Crippen LogP contribution in [0.1, 0.15) is 17.2 Å². The van der Waals surface area contributed by atoms with Gasteiger partial charge in [0, 0.05) is 12.6 Å². The van der Waals surface area contributed by atoms with Gasteiger partial charge in [-0.2, -0.15) is 0 Å². The number of rotatable bonds is 9. The van der Waals surface area contributed by atoms with Crippen molar-refractivity contribution in [2.75, 3.05) is 34.4 Å². The smallest absolute Gasteiger partial charge is 0.161 e. The summed E-state index contributed by atoms with van der Waals surface area (Å²) < 4.78 is 15.9. The predicted molar refractivity (Wildman–Crippen MR) is 96.0 cm³/mol. The fraction of sp³-hybridized carbons (Fsp3) is 0.368. The number of ether oxygens (including phenoxy) is 3. The van der Waals surface area contributed by atoms with Crippen molar-refractivity contribution in [3.05, 3.63) is 53.6 Å². The average Bonchev–Trinajstić information content (AvgIpc) is 2.64. The van der Waals surface area contributed by atoms with Crippen molar-refractivity contribution in [2.24, 2.45) is 5.73 Å². The molecule has 0 fully saturated rings. The molecular formula is C19H26N2O3. The van der Waals surface area contributed by atoms with Crippen LogP contribution < -0.4 is 25.3 Å². The van der Waals surface area contributed by atoms with Crippen LogP contribution in [0.4, 0.5) is 0 Å². The fourth-order valence-corrected chi connectivity index (χ4v) is 2.63. The maximum atomic E-state index is 5.94. The SMILES string of the molecule is COc1cccc(CCNC(CN)c2ccc(OC)c(OC)c2)c1. The molecule has 0 aliphatic carbocycles. The molecule has 1 atom stereocenters. The van der Waals surface area contributed by atoms with Gasteiger partial charge in [0.2, 0.25) is 0 Å². The molecule has 0 bridgehead atoms. The first kappa shape index (κ1) is 18.1. The molecule has 2 aromatic rings. The van der Waals surface area contributed by atoms with E-state index in [0.29, 0.717) is 18.0 Å². The molecule has 0 saturated heterocycles. The van der Waals surface area contributed by atoms with Crippen LogP contribution >= 0.6 is 0 Å². The Morgan fingerprint density at radius 3 is 2.42 bits per heavy atom. The number of benzene rings is 2. The lowest BCUT2D eigenvalue weighted by Gasteiger charge is -2.19. The van der Waals surface area contributed by atoms with Gasteiger partial charge in [0.15, 0.2) is 11.5 Å². The van der Waals surface area contributed by atoms with E-state index in [1.165, 1.54) is 5.56 Å². The maximum absolute atomic E-state index is 5.94. The van der Waals surface area contributed by atoms with Gasteiger partial charge in [-0.25, -0.2) is 0 Å². The van der Waals surface area contributed by atoms with E-state index in [4.69, 9.17) is 19.9 Å². The van der Waals surface area contributed by atoms with Gasteiger partial charge < -0.3 is 25.3 Å². The van der Waals surface area contributed by atoms with E-state index >= 15 is 0 Å². The molecule has 0 amide bonds. The summed E-state index contributed by atoms with van der Waals surface area (Å²) in [6, 6.07) is 14.0. The summed E-state index contributed by atoms with van der Waals surface area (Å²) in [6.45, 7) is 1.33. The van der Waals surface area contributed by atoms with Crippen LogP contribution in [0.15, 0.2) is 42.5 Å². The van der Waals surface area contributed by atoms with Gasteiger partial charge in [0.05, 0.1) is 21.3 Å². The van der Waals surface area contributed by atoms with Gasteiger partial charge in [-0.15, -0.1) is 0 Å². The summed E-state index contributed by atoms with van der Waals surface area (Å²) >= 11 is 0. The number of nitrogens with two attached hydrogens (primary N) is 1. The third-order valence-corrected chi connectivity index (χ3v) is 3.98. The molecule has 5 heteroatoms. The van der Waals surface area contributed by atoms with Crippen LogP contribution in [0, 0.1) is 0 Å². The highest BCUT2D eigenvalue weighted by atomic mass is 16.5. The van der Waals surface area contributed by atoms with Gasteiger partial charge in [0.25, 0.3) is 0 Å². The van der Waals surface area contributed by atoms with E-state index in [0.717, 1.165) is 24.3 Å². The van der Waals surface area contributed by atoms with Crippen molar-refractivity contribution in [3.8, 4) is 17.2 Å². The normalized spacial score (nSPS) is 11.8. The summed E-state index contributed by atoms with van der Waals surface area (Å²) in [7, 11) is 4.94. The molecule has 0 spiro atoms. The first-order valence-corrected chi connectivity index (χ1v) is 8.00. The summed E-state index contributed by atoms with van der Waals surface area (Å²) in [5.74, 6) is 2.30. The van der Waals surface area contributed by atoms with E-state index in [1.807, 2.05) is 30.3 Å². The zero-order chi connectivity index (χ0) is 17.4. The van der Waals surface area contributed by atoms with Crippen LogP contribution in [-0.4, -0.2) is 34.4 Å². The van der Waals surface area contributed by atoms with Crippen LogP contribution in [0.3, 0.4) is 0 Å². The second kappa shape index (κ2) is 9.15. The van der Waals surface area contributed by atoms with E-state index in [1.54, 1.807) is 21.3 Å². The van der Waals surface area contributed by atoms with Crippen LogP contribution in [-0.2, 0) is 6.42 Å². The molecule has 130 valence electrons.